The highest BCUT2D eigenvalue weighted by atomic mass is 16.5. The number of aryl methyl sites for hydroxylation is 1. The van der Waals surface area contributed by atoms with Crippen LogP contribution >= 0.6 is 0 Å². The number of hydrogen-bond donors (Lipinski definition) is 0. The fourth-order valence-electron chi connectivity index (χ4n) is 4.12. The van der Waals surface area contributed by atoms with Crippen molar-refractivity contribution in [3.8, 4) is 22.9 Å². The second kappa shape index (κ2) is 9.74. The first kappa shape index (κ1) is 21.6. The number of likely N-dealkylation sites (tertiary alicyclic amines) is 1. The Kier molecular flexibility index (Phi) is 6.20. The first-order valence-corrected chi connectivity index (χ1v) is 11.2. The Balaban J connectivity index is 1.28. The molecule has 0 aliphatic carbocycles. The van der Waals surface area contributed by atoms with Gasteiger partial charge in [-0.2, -0.15) is 0 Å². The maximum Gasteiger partial charge on any atom is 0.255 e. The number of nitrogens with zero attached hydrogens (tertiary/aromatic N) is 6. The second-order valence-corrected chi connectivity index (χ2v) is 8.35. The molecule has 170 valence electrons. The molecule has 1 aromatic carbocycles. The Hall–Kier alpha value is -4.20. The van der Waals surface area contributed by atoms with Crippen LogP contribution in [0.4, 0.5) is 0 Å². The molecule has 34 heavy (non-hydrogen) atoms. The molecule has 4 heterocycles. The molecule has 0 N–H and O–H groups in total. The zero-order valence-corrected chi connectivity index (χ0v) is 18.8. The van der Waals surface area contributed by atoms with Crippen LogP contribution in [0.1, 0.15) is 40.4 Å². The van der Waals surface area contributed by atoms with Crippen molar-refractivity contribution in [3.63, 3.8) is 0 Å². The van der Waals surface area contributed by atoms with Crippen molar-refractivity contribution in [2.75, 3.05) is 13.1 Å². The molecule has 1 atom stereocenters. The van der Waals surface area contributed by atoms with E-state index in [0.29, 0.717) is 24.5 Å². The van der Waals surface area contributed by atoms with Crippen molar-refractivity contribution in [3.05, 3.63) is 90.5 Å². The predicted molar refractivity (Wildman–Crippen MR) is 126 cm³/mol. The van der Waals surface area contributed by atoms with Crippen LogP contribution in [0.25, 0.3) is 11.3 Å². The lowest BCUT2D eigenvalue weighted by Gasteiger charge is -2.32. The highest BCUT2D eigenvalue weighted by Crippen LogP contribution is 2.28. The topological polar surface area (TPSA) is 94.0 Å². The third-order valence-corrected chi connectivity index (χ3v) is 5.84. The molecular formula is C26H24N6O2. The molecular weight excluding hydrogens is 428 g/mol. The average molecular weight is 453 g/mol. The zero-order valence-electron chi connectivity index (χ0n) is 18.8. The summed E-state index contributed by atoms with van der Waals surface area (Å²) in [6.45, 7) is 3.30. The minimum absolute atomic E-state index is 0.0341. The lowest BCUT2D eigenvalue weighted by atomic mass is 9.94. The normalized spacial score (nSPS) is 15.7. The number of carbonyl (C=O) groups is 1. The smallest absolute Gasteiger partial charge is 0.255 e. The third kappa shape index (κ3) is 4.91. The van der Waals surface area contributed by atoms with E-state index in [1.54, 1.807) is 37.1 Å². The van der Waals surface area contributed by atoms with Gasteiger partial charge in [0.05, 0.1) is 23.1 Å². The molecule has 1 fully saturated rings. The summed E-state index contributed by atoms with van der Waals surface area (Å²) >= 11 is 0. The quantitative estimate of drug-likeness (QED) is 0.442. The van der Waals surface area contributed by atoms with Crippen LogP contribution in [0.5, 0.6) is 11.6 Å². The van der Waals surface area contributed by atoms with E-state index >= 15 is 0 Å². The molecule has 8 nitrogen and oxygen atoms in total. The van der Waals surface area contributed by atoms with Gasteiger partial charge in [0, 0.05) is 49.4 Å². The van der Waals surface area contributed by atoms with Gasteiger partial charge < -0.3 is 9.64 Å². The first-order valence-electron chi connectivity index (χ1n) is 11.2. The monoisotopic (exact) mass is 452 g/mol. The van der Waals surface area contributed by atoms with Crippen molar-refractivity contribution in [1.82, 2.24) is 29.8 Å². The Bertz CT molecular complexity index is 1280. The van der Waals surface area contributed by atoms with Gasteiger partial charge in [0.15, 0.2) is 0 Å². The zero-order chi connectivity index (χ0) is 23.3. The van der Waals surface area contributed by atoms with Gasteiger partial charge in [0.1, 0.15) is 12.1 Å². The molecule has 1 amide bonds. The Morgan fingerprint density at radius 2 is 1.91 bits per heavy atom. The van der Waals surface area contributed by atoms with Crippen LogP contribution in [-0.2, 0) is 0 Å². The average Bonchev–Trinajstić information content (AvgIpc) is 2.89. The minimum atomic E-state index is -0.0341. The summed E-state index contributed by atoms with van der Waals surface area (Å²) in [6.07, 6.45) is 11.7. The van der Waals surface area contributed by atoms with E-state index < -0.39 is 0 Å². The van der Waals surface area contributed by atoms with E-state index in [1.807, 2.05) is 42.2 Å². The number of amides is 1. The van der Waals surface area contributed by atoms with Crippen molar-refractivity contribution in [1.29, 1.82) is 0 Å². The van der Waals surface area contributed by atoms with Crippen LogP contribution < -0.4 is 4.74 Å². The number of carbonyl (C=O) groups excluding carboxylic acids is 1. The molecule has 0 saturated carbocycles. The summed E-state index contributed by atoms with van der Waals surface area (Å²) in [7, 11) is 0. The molecule has 1 aliphatic heterocycles. The van der Waals surface area contributed by atoms with E-state index in [2.05, 4.69) is 24.9 Å². The van der Waals surface area contributed by atoms with Crippen molar-refractivity contribution in [2.24, 2.45) is 0 Å². The Morgan fingerprint density at radius 3 is 2.71 bits per heavy atom. The standard InChI is InChI=1S/C26H24N6O2/c1-18-4-2-6-22(10-18)34-25-15-27-14-24(31-25)20-5-3-9-32(16-20)26(33)19-7-8-23(30-13-19)21-11-28-17-29-12-21/h2,4,6-8,10-15,17,20H,3,5,9,16H2,1H3/t20-/m0/s1. The number of benzene rings is 1. The second-order valence-electron chi connectivity index (χ2n) is 8.35. The Labute approximate surface area is 197 Å². The summed E-state index contributed by atoms with van der Waals surface area (Å²) in [5.41, 5.74) is 4.05. The van der Waals surface area contributed by atoms with Crippen molar-refractivity contribution >= 4 is 5.91 Å². The van der Waals surface area contributed by atoms with E-state index in [1.165, 1.54) is 6.33 Å². The summed E-state index contributed by atoms with van der Waals surface area (Å²) in [4.78, 5) is 36.5. The highest BCUT2D eigenvalue weighted by molar-refractivity contribution is 5.94. The number of hydrogen-bond acceptors (Lipinski definition) is 7. The van der Waals surface area contributed by atoms with Crippen LogP contribution in [0.3, 0.4) is 0 Å². The third-order valence-electron chi connectivity index (χ3n) is 5.84. The lowest BCUT2D eigenvalue weighted by molar-refractivity contribution is 0.0705. The van der Waals surface area contributed by atoms with E-state index in [-0.39, 0.29) is 11.8 Å². The fourth-order valence-corrected chi connectivity index (χ4v) is 4.12. The maximum atomic E-state index is 13.2. The molecule has 8 heteroatoms. The first-order chi connectivity index (χ1) is 16.7. The molecule has 0 radical (unpaired) electrons. The van der Waals surface area contributed by atoms with Crippen LogP contribution in [0.2, 0.25) is 0 Å². The Morgan fingerprint density at radius 1 is 1.03 bits per heavy atom. The van der Waals surface area contributed by atoms with Crippen LogP contribution in [0, 0.1) is 6.92 Å². The number of ether oxygens (including phenoxy) is 1. The molecule has 1 saturated heterocycles. The largest absolute Gasteiger partial charge is 0.437 e. The minimum Gasteiger partial charge on any atom is -0.437 e. The molecule has 5 rings (SSSR count). The van der Waals surface area contributed by atoms with E-state index in [0.717, 1.165) is 41.1 Å². The van der Waals surface area contributed by atoms with Gasteiger partial charge in [-0.3, -0.25) is 14.8 Å². The molecule has 0 unspecified atom stereocenters. The van der Waals surface area contributed by atoms with Gasteiger partial charge >= 0.3 is 0 Å². The lowest BCUT2D eigenvalue weighted by Crippen LogP contribution is -2.39. The van der Waals surface area contributed by atoms with E-state index in [4.69, 9.17) is 4.74 Å². The van der Waals surface area contributed by atoms with Gasteiger partial charge in [-0.15, -0.1) is 0 Å². The molecule has 3 aromatic heterocycles. The van der Waals surface area contributed by atoms with Gasteiger partial charge in [0.25, 0.3) is 5.91 Å². The van der Waals surface area contributed by atoms with Gasteiger partial charge in [-0.05, 0) is 49.6 Å². The summed E-state index contributed by atoms with van der Waals surface area (Å²) in [5.74, 6) is 1.24. The number of pyridine rings is 1. The van der Waals surface area contributed by atoms with Crippen molar-refractivity contribution < 1.29 is 9.53 Å². The van der Waals surface area contributed by atoms with Gasteiger partial charge in [-0.25, -0.2) is 15.0 Å². The highest BCUT2D eigenvalue weighted by Gasteiger charge is 2.27. The number of piperidine rings is 1. The van der Waals surface area contributed by atoms with Gasteiger partial charge in [-0.1, -0.05) is 12.1 Å². The summed E-state index contributed by atoms with van der Waals surface area (Å²) < 4.78 is 5.91. The van der Waals surface area contributed by atoms with Gasteiger partial charge in [0.2, 0.25) is 5.88 Å². The fraction of sp³-hybridized carbons (Fsp3) is 0.231. The predicted octanol–water partition coefficient (Wildman–Crippen LogP) is 4.45. The molecule has 1 aliphatic rings. The number of rotatable bonds is 5. The molecule has 0 bridgehead atoms. The SMILES string of the molecule is Cc1cccc(Oc2cncc([C@H]3CCCN(C(=O)c4ccc(-c5cncnc5)nc4)C3)n2)c1. The van der Waals surface area contributed by atoms with Crippen molar-refractivity contribution in [2.45, 2.75) is 25.7 Å². The van der Waals surface area contributed by atoms with Crippen LogP contribution in [-0.4, -0.2) is 48.8 Å². The summed E-state index contributed by atoms with van der Waals surface area (Å²) in [6, 6.07) is 11.4. The molecule has 0 spiro atoms. The molecule has 4 aromatic rings. The van der Waals surface area contributed by atoms with Crippen LogP contribution in [0.15, 0.2) is 73.7 Å². The number of aromatic nitrogens is 5. The summed E-state index contributed by atoms with van der Waals surface area (Å²) in [5, 5.41) is 0. The maximum absolute atomic E-state index is 13.2. The van der Waals surface area contributed by atoms with E-state index in [9.17, 15) is 4.79 Å².